The molecule has 166 valence electrons. The number of pyridine rings is 1. The van der Waals surface area contributed by atoms with Crippen LogP contribution in [-0.4, -0.2) is 50.2 Å². The number of rotatable bonds is 7. The molecule has 0 aliphatic carbocycles. The first-order valence-electron chi connectivity index (χ1n) is 9.58. The van der Waals surface area contributed by atoms with Crippen LogP contribution in [0, 0.1) is 6.92 Å². The number of amides is 1. The van der Waals surface area contributed by atoms with Crippen LogP contribution in [0.5, 0.6) is 5.75 Å². The number of alkyl halides is 2. The molecule has 0 aliphatic rings. The molecule has 0 saturated carbocycles. The van der Waals surface area contributed by atoms with Gasteiger partial charge in [0.05, 0.1) is 13.3 Å². The molecule has 3 aromatic heterocycles. The van der Waals surface area contributed by atoms with Gasteiger partial charge >= 0.3 is 0 Å². The van der Waals surface area contributed by atoms with Gasteiger partial charge < -0.3 is 19.7 Å². The highest BCUT2D eigenvalue weighted by Gasteiger charge is 2.21. The maximum absolute atomic E-state index is 12.8. The minimum absolute atomic E-state index is 0.0212. The van der Waals surface area contributed by atoms with E-state index in [1.165, 1.54) is 6.20 Å². The first kappa shape index (κ1) is 21.4. The van der Waals surface area contributed by atoms with Crippen molar-refractivity contribution in [1.29, 1.82) is 0 Å². The van der Waals surface area contributed by atoms with Gasteiger partial charge in [0.2, 0.25) is 0 Å². The van der Waals surface area contributed by atoms with Crippen molar-refractivity contribution in [1.82, 2.24) is 19.5 Å². The Morgan fingerprint density at radius 2 is 2.12 bits per heavy atom. The van der Waals surface area contributed by atoms with Crippen LogP contribution in [0.2, 0.25) is 0 Å². The summed E-state index contributed by atoms with van der Waals surface area (Å²) in [5, 5.41) is 15.7. The number of carbonyl (C=O) groups excluding carboxylic acids is 1. The highest BCUT2D eigenvalue weighted by molar-refractivity contribution is 6.04. The lowest BCUT2D eigenvalue weighted by Crippen LogP contribution is -2.20. The van der Waals surface area contributed by atoms with Gasteiger partial charge in [-0.05, 0) is 36.8 Å². The second-order valence-corrected chi connectivity index (χ2v) is 7.04. The molecular weight excluding hydrogens is 424 g/mol. The number of benzene rings is 1. The molecule has 0 radical (unpaired) electrons. The number of aryl methyl sites for hydroxylation is 1. The van der Waals surface area contributed by atoms with Gasteiger partial charge in [0.25, 0.3) is 18.2 Å². The van der Waals surface area contributed by atoms with Crippen LogP contribution in [0.4, 0.5) is 14.5 Å². The molecule has 2 N–H and O–H groups in total. The molecule has 32 heavy (non-hydrogen) atoms. The Balaban J connectivity index is 1.50. The van der Waals surface area contributed by atoms with Crippen molar-refractivity contribution in [3.8, 4) is 17.2 Å². The van der Waals surface area contributed by atoms with E-state index >= 15 is 0 Å². The Bertz CT molecular complexity index is 1270. The van der Waals surface area contributed by atoms with Crippen molar-refractivity contribution in [2.75, 3.05) is 12.4 Å². The lowest BCUT2D eigenvalue weighted by atomic mass is 10.1. The van der Waals surface area contributed by atoms with Crippen molar-refractivity contribution in [2.24, 2.45) is 0 Å². The maximum Gasteiger partial charge on any atom is 0.274 e. The van der Waals surface area contributed by atoms with E-state index in [9.17, 15) is 18.7 Å². The van der Waals surface area contributed by atoms with Crippen molar-refractivity contribution >= 4 is 17.2 Å². The number of fused-ring (bicyclic) bond motifs is 1. The highest BCUT2D eigenvalue weighted by atomic mass is 19.3. The van der Waals surface area contributed by atoms with Crippen LogP contribution in [0.3, 0.4) is 0 Å². The molecule has 1 atom stereocenters. The van der Waals surface area contributed by atoms with Gasteiger partial charge in [-0.1, -0.05) is 5.16 Å². The summed E-state index contributed by atoms with van der Waals surface area (Å²) >= 11 is 0. The molecule has 0 spiro atoms. The Hall–Kier alpha value is -3.86. The lowest BCUT2D eigenvalue weighted by molar-refractivity contribution is -0.00495. The average Bonchev–Trinajstić information content (AvgIpc) is 3.41. The van der Waals surface area contributed by atoms with Gasteiger partial charge in [0.15, 0.2) is 5.82 Å². The molecule has 4 aromatic rings. The number of hydrogen-bond donors (Lipinski definition) is 2. The number of aliphatic hydroxyl groups excluding tert-OH is 1. The minimum atomic E-state index is -2.89. The first-order chi connectivity index (χ1) is 15.4. The van der Waals surface area contributed by atoms with Gasteiger partial charge in [-0.15, -0.1) is 0 Å². The summed E-state index contributed by atoms with van der Waals surface area (Å²) in [4.78, 5) is 21.1. The Labute approximate surface area is 180 Å². The summed E-state index contributed by atoms with van der Waals surface area (Å²) in [5.74, 6) is 0.388. The van der Waals surface area contributed by atoms with E-state index in [-0.39, 0.29) is 17.6 Å². The van der Waals surface area contributed by atoms with E-state index in [1.54, 1.807) is 55.0 Å². The molecule has 4 rings (SSSR count). The van der Waals surface area contributed by atoms with Crippen LogP contribution >= 0.6 is 0 Å². The third-order valence-corrected chi connectivity index (χ3v) is 4.83. The minimum Gasteiger partial charge on any atom is -0.497 e. The fraction of sp³-hybridized carbons (Fsp3) is 0.238. The molecule has 0 fully saturated rings. The van der Waals surface area contributed by atoms with Crippen molar-refractivity contribution in [2.45, 2.75) is 25.9 Å². The molecule has 3 heterocycles. The van der Waals surface area contributed by atoms with Gasteiger partial charge in [0.1, 0.15) is 23.2 Å². The molecule has 0 bridgehead atoms. The quantitative estimate of drug-likeness (QED) is 0.451. The number of ether oxygens (including phenoxy) is 1. The van der Waals surface area contributed by atoms with Gasteiger partial charge in [-0.3, -0.25) is 9.20 Å². The number of halogens is 2. The summed E-state index contributed by atoms with van der Waals surface area (Å²) < 4.78 is 36.9. The van der Waals surface area contributed by atoms with Gasteiger partial charge in [0, 0.05) is 29.9 Å². The molecule has 1 unspecified atom stereocenters. The zero-order valence-electron chi connectivity index (χ0n) is 17.1. The van der Waals surface area contributed by atoms with E-state index in [0.717, 1.165) is 5.56 Å². The van der Waals surface area contributed by atoms with Crippen LogP contribution in [0.15, 0.2) is 47.2 Å². The van der Waals surface area contributed by atoms with Gasteiger partial charge in [-0.2, -0.15) is 4.98 Å². The van der Waals surface area contributed by atoms with E-state index in [2.05, 4.69) is 20.4 Å². The van der Waals surface area contributed by atoms with Gasteiger partial charge in [-0.25, -0.2) is 13.8 Å². The van der Waals surface area contributed by atoms with Crippen molar-refractivity contribution < 1.29 is 27.9 Å². The predicted molar refractivity (Wildman–Crippen MR) is 110 cm³/mol. The van der Waals surface area contributed by atoms with E-state index < -0.39 is 19.0 Å². The fourth-order valence-electron chi connectivity index (χ4n) is 3.11. The summed E-state index contributed by atoms with van der Waals surface area (Å²) in [7, 11) is 1.55. The number of nitrogens with zero attached hydrogens (tertiary/aromatic N) is 4. The van der Waals surface area contributed by atoms with Crippen molar-refractivity contribution in [3.05, 3.63) is 59.8 Å². The fourth-order valence-corrected chi connectivity index (χ4v) is 3.11. The maximum atomic E-state index is 12.8. The molecule has 1 aromatic carbocycles. The summed E-state index contributed by atoms with van der Waals surface area (Å²) in [5.41, 5.74) is 2.76. The number of imidazole rings is 1. The standard InChI is InChI=1S/C21H19F2N5O4/c1-11-7-12(21-26-17(27-32-21)9-16(29)19(22)23)3-4-14(11)25-20(30)15-10-24-18-8-13(31-2)5-6-28(15)18/h3-8,10,16,19,29H,9H2,1-2H3,(H,25,30). The summed E-state index contributed by atoms with van der Waals surface area (Å²) in [6.45, 7) is 1.79. The SMILES string of the molecule is COc1ccn2c(C(=O)Nc3ccc(-c4nc(CC(O)C(F)F)no4)cc3C)cnc2c1. The number of carbonyl (C=O) groups is 1. The lowest BCUT2D eigenvalue weighted by Gasteiger charge is -2.09. The zero-order valence-corrected chi connectivity index (χ0v) is 17.1. The molecular formula is C21H19F2N5O4. The summed E-state index contributed by atoms with van der Waals surface area (Å²) in [6.07, 6.45) is -2.00. The number of hydrogen-bond acceptors (Lipinski definition) is 7. The third-order valence-electron chi connectivity index (χ3n) is 4.83. The Morgan fingerprint density at radius 1 is 1.31 bits per heavy atom. The van der Waals surface area contributed by atoms with Crippen molar-refractivity contribution in [3.63, 3.8) is 0 Å². The smallest absolute Gasteiger partial charge is 0.274 e. The van der Waals surface area contributed by atoms with Crippen LogP contribution in [0.1, 0.15) is 21.9 Å². The first-order valence-corrected chi connectivity index (χ1v) is 9.58. The largest absolute Gasteiger partial charge is 0.497 e. The monoisotopic (exact) mass is 443 g/mol. The van der Waals surface area contributed by atoms with Crippen LogP contribution in [-0.2, 0) is 6.42 Å². The highest BCUT2D eigenvalue weighted by Crippen LogP contribution is 2.25. The molecule has 0 aliphatic heterocycles. The Kier molecular flexibility index (Phi) is 5.82. The molecule has 9 nitrogen and oxygen atoms in total. The number of methoxy groups -OCH3 is 1. The summed E-state index contributed by atoms with van der Waals surface area (Å²) in [6, 6.07) is 8.49. The van der Waals surface area contributed by atoms with Crippen LogP contribution in [0.25, 0.3) is 17.1 Å². The second kappa shape index (κ2) is 8.71. The number of aliphatic hydroxyl groups is 1. The van der Waals surface area contributed by atoms with Crippen LogP contribution < -0.4 is 10.1 Å². The Morgan fingerprint density at radius 3 is 2.84 bits per heavy atom. The predicted octanol–water partition coefficient (Wildman–Crippen LogP) is 3.12. The molecule has 1 amide bonds. The average molecular weight is 443 g/mol. The number of nitrogens with one attached hydrogen (secondary N) is 1. The zero-order chi connectivity index (χ0) is 22.8. The molecule has 11 heteroatoms. The number of aromatic nitrogens is 4. The second-order valence-electron chi connectivity index (χ2n) is 7.04. The van der Waals surface area contributed by atoms with E-state index in [4.69, 9.17) is 9.26 Å². The van der Waals surface area contributed by atoms with E-state index in [1.807, 2.05) is 0 Å². The number of anilines is 1. The topological polar surface area (TPSA) is 115 Å². The third kappa shape index (κ3) is 4.28. The van der Waals surface area contributed by atoms with E-state index in [0.29, 0.717) is 28.3 Å². The molecule has 0 saturated heterocycles. The normalized spacial score (nSPS) is 12.3.